The molecule has 4 rings (SSSR count). The fourth-order valence-corrected chi connectivity index (χ4v) is 4.06. The first-order valence-corrected chi connectivity index (χ1v) is 10.7. The van der Waals surface area contributed by atoms with Crippen LogP contribution in [0.3, 0.4) is 0 Å². The Morgan fingerprint density at radius 2 is 1.65 bits per heavy atom. The smallest absolute Gasteiger partial charge is 0.307 e. The topological polar surface area (TPSA) is 113 Å². The number of rotatable bonds is 7. The first kappa shape index (κ1) is 22.7. The van der Waals surface area contributed by atoms with E-state index in [2.05, 4.69) is 5.32 Å². The number of carbonyl (C=O) groups excluding carboxylic acids is 1. The molecule has 0 spiro atoms. The number of amides is 1. The zero-order chi connectivity index (χ0) is 24.4. The average Bonchev–Trinajstić information content (AvgIpc) is 3.06. The van der Waals surface area contributed by atoms with Crippen molar-refractivity contribution in [3.05, 3.63) is 111 Å². The molecule has 0 aliphatic carbocycles. The van der Waals surface area contributed by atoms with Gasteiger partial charge in [-0.25, -0.2) is 0 Å². The van der Waals surface area contributed by atoms with Crippen molar-refractivity contribution in [2.24, 2.45) is 0 Å². The number of hydrogen-bond acceptors (Lipinski definition) is 5. The minimum Gasteiger partial charge on any atom is -0.481 e. The molecule has 8 nitrogen and oxygen atoms in total. The summed E-state index contributed by atoms with van der Waals surface area (Å²) in [6.45, 7) is 3.86. The number of non-ortho nitro benzene ring substituents is 1. The van der Waals surface area contributed by atoms with E-state index in [-0.39, 0.29) is 11.4 Å². The fourth-order valence-electron chi connectivity index (χ4n) is 4.06. The Bertz CT molecular complexity index is 1300. The van der Waals surface area contributed by atoms with E-state index in [9.17, 15) is 24.8 Å². The zero-order valence-corrected chi connectivity index (χ0v) is 18.7. The Kier molecular flexibility index (Phi) is 6.14. The number of nitro benzene ring substituents is 1. The maximum absolute atomic E-state index is 13.7. The summed E-state index contributed by atoms with van der Waals surface area (Å²) in [7, 11) is 0. The standard InChI is InChI=1S/C26H23N3O5/c1-16-6-10-19(11-7-16)27-24-22(15-23(30)31)25(18-4-3-5-21(14-18)29(33)34)28(26(24)32)20-12-8-17(2)9-13-20/h3-14,25,27H,15H2,1-2H3,(H,30,31)/t25-/m1/s1. The molecule has 0 bridgehead atoms. The van der Waals surface area contributed by atoms with E-state index in [0.717, 1.165) is 11.1 Å². The van der Waals surface area contributed by atoms with Crippen molar-refractivity contribution in [3.8, 4) is 0 Å². The van der Waals surface area contributed by atoms with E-state index in [4.69, 9.17) is 0 Å². The van der Waals surface area contributed by atoms with Gasteiger partial charge in [0.1, 0.15) is 5.70 Å². The number of carboxylic acids is 1. The van der Waals surface area contributed by atoms with Gasteiger partial charge in [-0.3, -0.25) is 24.6 Å². The minimum atomic E-state index is -1.10. The van der Waals surface area contributed by atoms with Crippen LogP contribution < -0.4 is 10.2 Å². The van der Waals surface area contributed by atoms with E-state index in [1.807, 2.05) is 50.2 Å². The van der Waals surface area contributed by atoms with Crippen molar-refractivity contribution in [2.45, 2.75) is 26.3 Å². The SMILES string of the molecule is Cc1ccc(NC2=C(CC(=O)O)[C@@H](c3cccc([N+](=O)[O-])c3)N(c3ccc(C)cc3)C2=O)cc1. The Hall–Kier alpha value is -4.46. The molecule has 172 valence electrons. The monoisotopic (exact) mass is 457 g/mol. The molecule has 8 heteroatoms. The third kappa shape index (κ3) is 4.52. The molecule has 0 aromatic heterocycles. The predicted octanol–water partition coefficient (Wildman–Crippen LogP) is 5.14. The van der Waals surface area contributed by atoms with Crippen LogP contribution in [0.5, 0.6) is 0 Å². The number of anilines is 2. The lowest BCUT2D eigenvalue weighted by molar-refractivity contribution is -0.384. The molecule has 3 aromatic rings. The molecule has 34 heavy (non-hydrogen) atoms. The summed E-state index contributed by atoms with van der Waals surface area (Å²) in [5, 5.41) is 24.2. The predicted molar refractivity (Wildman–Crippen MR) is 129 cm³/mol. The second-order valence-electron chi connectivity index (χ2n) is 8.23. The van der Waals surface area contributed by atoms with Gasteiger partial charge in [-0.2, -0.15) is 0 Å². The summed E-state index contributed by atoms with van der Waals surface area (Å²) in [6.07, 6.45) is -0.407. The highest BCUT2D eigenvalue weighted by molar-refractivity contribution is 6.12. The second kappa shape index (κ2) is 9.19. The van der Waals surface area contributed by atoms with Crippen LogP contribution in [-0.4, -0.2) is 21.9 Å². The van der Waals surface area contributed by atoms with Gasteiger partial charge in [0.25, 0.3) is 11.6 Å². The number of hydrogen-bond donors (Lipinski definition) is 2. The highest BCUT2D eigenvalue weighted by Gasteiger charge is 2.42. The molecule has 0 saturated carbocycles. The number of carbonyl (C=O) groups is 2. The normalized spacial score (nSPS) is 15.5. The first-order valence-electron chi connectivity index (χ1n) is 10.7. The molecule has 0 fully saturated rings. The number of aryl methyl sites for hydroxylation is 2. The maximum Gasteiger partial charge on any atom is 0.307 e. The van der Waals surface area contributed by atoms with Gasteiger partial charge in [-0.05, 0) is 49.2 Å². The van der Waals surface area contributed by atoms with Gasteiger partial charge in [0.05, 0.1) is 17.4 Å². The quantitative estimate of drug-likeness (QED) is 0.375. The molecule has 0 unspecified atom stereocenters. The lowest BCUT2D eigenvalue weighted by Gasteiger charge is -2.27. The van der Waals surface area contributed by atoms with Gasteiger partial charge in [0.15, 0.2) is 0 Å². The molecule has 1 atom stereocenters. The fraction of sp³-hybridized carbons (Fsp3) is 0.154. The Morgan fingerprint density at radius 3 is 2.24 bits per heavy atom. The van der Waals surface area contributed by atoms with E-state index in [0.29, 0.717) is 22.5 Å². The third-order valence-electron chi connectivity index (χ3n) is 5.71. The summed E-state index contributed by atoms with van der Waals surface area (Å²) in [5.74, 6) is -1.51. The molecule has 1 amide bonds. The van der Waals surface area contributed by atoms with Crippen LogP contribution in [0.1, 0.15) is 29.2 Å². The molecule has 0 radical (unpaired) electrons. The van der Waals surface area contributed by atoms with Crippen LogP contribution in [0.15, 0.2) is 84.1 Å². The lowest BCUT2D eigenvalue weighted by Crippen LogP contribution is -2.31. The van der Waals surface area contributed by atoms with Crippen molar-refractivity contribution < 1.29 is 19.6 Å². The molecule has 1 heterocycles. The zero-order valence-electron chi connectivity index (χ0n) is 18.7. The number of nitrogens with one attached hydrogen (secondary N) is 1. The average molecular weight is 457 g/mol. The van der Waals surface area contributed by atoms with Gasteiger partial charge in [-0.15, -0.1) is 0 Å². The van der Waals surface area contributed by atoms with Crippen molar-refractivity contribution in [2.75, 3.05) is 10.2 Å². The highest BCUT2D eigenvalue weighted by atomic mass is 16.6. The van der Waals surface area contributed by atoms with Gasteiger partial charge >= 0.3 is 5.97 Å². The van der Waals surface area contributed by atoms with Gasteiger partial charge in [0.2, 0.25) is 0 Å². The molecule has 1 aliphatic heterocycles. The van der Waals surface area contributed by atoms with Crippen LogP contribution in [0.2, 0.25) is 0 Å². The number of aliphatic carboxylic acids is 1. The van der Waals surface area contributed by atoms with Crippen LogP contribution in [0, 0.1) is 24.0 Å². The van der Waals surface area contributed by atoms with Gasteiger partial charge in [-0.1, -0.05) is 47.5 Å². The summed E-state index contributed by atoms with van der Waals surface area (Å²) in [6, 6.07) is 19.8. The minimum absolute atomic E-state index is 0.136. The van der Waals surface area contributed by atoms with E-state index in [1.165, 1.54) is 23.1 Å². The maximum atomic E-state index is 13.7. The van der Waals surface area contributed by atoms with Crippen LogP contribution >= 0.6 is 0 Å². The molecule has 2 N–H and O–H groups in total. The Labute approximate surface area is 196 Å². The van der Waals surface area contributed by atoms with Gasteiger partial charge < -0.3 is 10.4 Å². The molecule has 3 aromatic carbocycles. The van der Waals surface area contributed by atoms with Crippen molar-refractivity contribution in [1.29, 1.82) is 0 Å². The third-order valence-corrected chi connectivity index (χ3v) is 5.71. The van der Waals surface area contributed by atoms with E-state index in [1.54, 1.807) is 18.2 Å². The lowest BCUT2D eigenvalue weighted by atomic mass is 9.95. The van der Waals surface area contributed by atoms with Crippen LogP contribution in [0.25, 0.3) is 0 Å². The van der Waals surface area contributed by atoms with Gasteiger partial charge in [0, 0.05) is 23.5 Å². The van der Waals surface area contributed by atoms with Crippen molar-refractivity contribution in [3.63, 3.8) is 0 Å². The number of nitro groups is 1. The number of nitrogens with zero attached hydrogens (tertiary/aromatic N) is 2. The van der Waals surface area contributed by atoms with Crippen LogP contribution in [0.4, 0.5) is 17.1 Å². The Morgan fingerprint density at radius 1 is 1.03 bits per heavy atom. The van der Waals surface area contributed by atoms with Crippen LogP contribution in [-0.2, 0) is 9.59 Å². The first-order chi connectivity index (χ1) is 16.2. The summed E-state index contributed by atoms with van der Waals surface area (Å²) >= 11 is 0. The molecule has 0 saturated heterocycles. The van der Waals surface area contributed by atoms with E-state index < -0.39 is 29.3 Å². The van der Waals surface area contributed by atoms with Crippen molar-refractivity contribution in [1.82, 2.24) is 0 Å². The summed E-state index contributed by atoms with van der Waals surface area (Å²) in [4.78, 5) is 38.0. The second-order valence-corrected chi connectivity index (χ2v) is 8.23. The van der Waals surface area contributed by atoms with Crippen molar-refractivity contribution >= 4 is 28.9 Å². The summed E-state index contributed by atoms with van der Waals surface area (Å²) in [5.41, 5.74) is 4.06. The highest BCUT2D eigenvalue weighted by Crippen LogP contribution is 2.43. The molecular weight excluding hydrogens is 434 g/mol. The number of benzene rings is 3. The van der Waals surface area contributed by atoms with E-state index >= 15 is 0 Å². The Balaban J connectivity index is 1.90. The summed E-state index contributed by atoms with van der Waals surface area (Å²) < 4.78 is 0. The molecule has 1 aliphatic rings. The molecular formula is C26H23N3O5. The number of carboxylic acid groups (broad SMARTS) is 1. The largest absolute Gasteiger partial charge is 0.481 e.